The number of halogens is 1. The maximum absolute atomic E-state index is 13.7. The van der Waals surface area contributed by atoms with Crippen molar-refractivity contribution in [3.05, 3.63) is 87.2 Å². The van der Waals surface area contributed by atoms with Crippen molar-refractivity contribution < 1.29 is 28.6 Å². The molecule has 0 saturated carbocycles. The van der Waals surface area contributed by atoms with Gasteiger partial charge in [0.05, 0.1) is 23.9 Å². The monoisotopic (exact) mass is 480 g/mol. The molecule has 0 spiro atoms. The SMILES string of the molecule is CCOC(=O)c1sc(N2C(=O)C(=O)C(=C(O)c3ccc(C)cc3)[C@@H]2c2ccc(F)cc2)nc1C. The van der Waals surface area contributed by atoms with Crippen LogP contribution in [0.25, 0.3) is 5.76 Å². The lowest BCUT2D eigenvalue weighted by Crippen LogP contribution is -2.29. The Bertz CT molecular complexity index is 1310. The van der Waals surface area contributed by atoms with Gasteiger partial charge in [-0.05, 0) is 38.5 Å². The molecule has 2 aromatic carbocycles. The Morgan fingerprint density at radius 1 is 1.12 bits per heavy atom. The second-order valence-corrected chi connectivity index (χ2v) is 8.70. The van der Waals surface area contributed by atoms with Gasteiger partial charge in [0, 0.05) is 5.56 Å². The summed E-state index contributed by atoms with van der Waals surface area (Å²) in [5, 5.41) is 11.2. The van der Waals surface area contributed by atoms with Crippen LogP contribution in [-0.4, -0.2) is 34.4 Å². The first-order valence-electron chi connectivity index (χ1n) is 10.5. The highest BCUT2D eigenvalue weighted by Gasteiger charge is 2.48. The van der Waals surface area contributed by atoms with E-state index in [0.717, 1.165) is 21.8 Å². The number of aryl methyl sites for hydroxylation is 2. The Hall–Kier alpha value is -3.85. The molecule has 0 bridgehead atoms. The van der Waals surface area contributed by atoms with E-state index in [9.17, 15) is 23.9 Å². The van der Waals surface area contributed by atoms with E-state index in [4.69, 9.17) is 4.74 Å². The molecule has 1 aromatic heterocycles. The highest BCUT2D eigenvalue weighted by Crippen LogP contribution is 2.44. The molecular formula is C25H21FN2O5S. The lowest BCUT2D eigenvalue weighted by atomic mass is 9.95. The fraction of sp³-hybridized carbons (Fsp3) is 0.200. The molecule has 1 amide bonds. The summed E-state index contributed by atoms with van der Waals surface area (Å²) < 4.78 is 18.7. The first kappa shape index (κ1) is 23.3. The zero-order chi connectivity index (χ0) is 24.6. The lowest BCUT2D eigenvalue weighted by Gasteiger charge is -2.23. The summed E-state index contributed by atoms with van der Waals surface area (Å²) in [6, 6.07) is 11.1. The van der Waals surface area contributed by atoms with Gasteiger partial charge in [-0.1, -0.05) is 53.3 Å². The lowest BCUT2D eigenvalue weighted by molar-refractivity contribution is -0.132. The number of ketones is 1. The Morgan fingerprint density at radius 2 is 1.76 bits per heavy atom. The van der Waals surface area contributed by atoms with Gasteiger partial charge >= 0.3 is 11.9 Å². The number of amides is 1. The number of benzene rings is 2. The van der Waals surface area contributed by atoms with E-state index < -0.39 is 29.5 Å². The molecular weight excluding hydrogens is 459 g/mol. The van der Waals surface area contributed by atoms with Crippen molar-refractivity contribution in [3.8, 4) is 0 Å². The highest BCUT2D eigenvalue weighted by atomic mass is 32.1. The number of nitrogens with zero attached hydrogens (tertiary/aromatic N) is 2. The number of Topliss-reactive ketones (excluding diaryl/α,β-unsaturated/α-hetero) is 1. The molecule has 1 N–H and O–H groups in total. The Balaban J connectivity index is 1.90. The van der Waals surface area contributed by atoms with E-state index in [1.54, 1.807) is 38.1 Å². The van der Waals surface area contributed by atoms with Crippen molar-refractivity contribution in [1.29, 1.82) is 0 Å². The topological polar surface area (TPSA) is 96.8 Å². The standard InChI is InChI=1S/C25H21FN2O5S/c1-4-33-24(32)22-14(3)27-25(34-22)28-19(15-9-11-17(26)12-10-15)18(21(30)23(28)31)20(29)16-7-5-13(2)6-8-16/h5-12,19,29H,4H2,1-3H3/t19-/m0/s1. The summed E-state index contributed by atoms with van der Waals surface area (Å²) in [5.74, 6) is -3.24. The zero-order valence-electron chi connectivity index (χ0n) is 18.7. The van der Waals surface area contributed by atoms with Gasteiger partial charge in [-0.15, -0.1) is 0 Å². The summed E-state index contributed by atoms with van der Waals surface area (Å²) >= 11 is 0.913. The molecule has 1 fully saturated rings. The molecule has 1 aliphatic rings. The van der Waals surface area contributed by atoms with E-state index in [1.165, 1.54) is 24.3 Å². The van der Waals surface area contributed by atoms with E-state index >= 15 is 0 Å². The predicted octanol–water partition coefficient (Wildman–Crippen LogP) is 4.70. The first-order chi connectivity index (χ1) is 16.2. The molecule has 0 unspecified atom stereocenters. The van der Waals surface area contributed by atoms with Crippen LogP contribution < -0.4 is 4.90 Å². The van der Waals surface area contributed by atoms with Gasteiger partial charge in [0.2, 0.25) is 0 Å². The number of hydrogen-bond acceptors (Lipinski definition) is 7. The minimum absolute atomic E-state index is 0.0972. The summed E-state index contributed by atoms with van der Waals surface area (Å²) in [5.41, 5.74) is 1.91. The van der Waals surface area contributed by atoms with Gasteiger partial charge in [0.1, 0.15) is 16.5 Å². The van der Waals surface area contributed by atoms with E-state index in [2.05, 4.69) is 4.98 Å². The number of rotatable bonds is 5. The van der Waals surface area contributed by atoms with Crippen LogP contribution in [0.5, 0.6) is 0 Å². The number of aliphatic hydroxyl groups is 1. The average molecular weight is 481 g/mol. The highest BCUT2D eigenvalue weighted by molar-refractivity contribution is 7.17. The maximum atomic E-state index is 13.7. The molecule has 7 nitrogen and oxygen atoms in total. The average Bonchev–Trinajstić information content (AvgIpc) is 3.31. The molecule has 1 aliphatic heterocycles. The van der Waals surface area contributed by atoms with E-state index in [1.807, 2.05) is 6.92 Å². The molecule has 0 radical (unpaired) electrons. The summed E-state index contributed by atoms with van der Waals surface area (Å²) in [7, 11) is 0. The van der Waals surface area contributed by atoms with Crippen LogP contribution in [0.4, 0.5) is 9.52 Å². The molecule has 3 aromatic rings. The second kappa shape index (κ2) is 9.18. The smallest absolute Gasteiger partial charge is 0.350 e. The van der Waals surface area contributed by atoms with Crippen molar-refractivity contribution in [2.45, 2.75) is 26.8 Å². The molecule has 1 saturated heterocycles. The van der Waals surface area contributed by atoms with Crippen LogP contribution in [-0.2, 0) is 14.3 Å². The Labute approximate surface area is 199 Å². The van der Waals surface area contributed by atoms with Gasteiger partial charge in [-0.3, -0.25) is 14.5 Å². The third kappa shape index (κ3) is 4.10. The van der Waals surface area contributed by atoms with Gasteiger partial charge in [0.25, 0.3) is 5.78 Å². The number of ether oxygens (including phenoxy) is 1. The largest absolute Gasteiger partial charge is 0.507 e. The first-order valence-corrected chi connectivity index (χ1v) is 11.3. The number of esters is 1. The van der Waals surface area contributed by atoms with Crippen LogP contribution >= 0.6 is 11.3 Å². The van der Waals surface area contributed by atoms with Crippen molar-refractivity contribution >= 4 is 39.9 Å². The molecule has 2 heterocycles. The van der Waals surface area contributed by atoms with Crippen molar-refractivity contribution in [2.24, 2.45) is 0 Å². The fourth-order valence-electron chi connectivity index (χ4n) is 3.73. The minimum atomic E-state index is -1.07. The molecule has 174 valence electrons. The molecule has 1 atom stereocenters. The number of aliphatic hydroxyl groups excluding tert-OH is 1. The number of carbonyl (C=O) groups is 3. The van der Waals surface area contributed by atoms with E-state index in [0.29, 0.717) is 16.8 Å². The summed E-state index contributed by atoms with van der Waals surface area (Å²) in [6.07, 6.45) is 0. The van der Waals surface area contributed by atoms with Crippen LogP contribution in [0.1, 0.15) is 45.0 Å². The molecule has 9 heteroatoms. The van der Waals surface area contributed by atoms with Gasteiger partial charge < -0.3 is 9.84 Å². The minimum Gasteiger partial charge on any atom is -0.507 e. The van der Waals surface area contributed by atoms with Crippen LogP contribution in [0.2, 0.25) is 0 Å². The number of thiazole rings is 1. The van der Waals surface area contributed by atoms with E-state index in [-0.39, 0.29) is 27.9 Å². The Morgan fingerprint density at radius 3 is 2.38 bits per heavy atom. The van der Waals surface area contributed by atoms with Gasteiger partial charge in [0.15, 0.2) is 5.13 Å². The number of carbonyl (C=O) groups excluding carboxylic acids is 3. The molecule has 34 heavy (non-hydrogen) atoms. The van der Waals surface area contributed by atoms with Crippen molar-refractivity contribution in [1.82, 2.24) is 4.98 Å². The predicted molar refractivity (Wildman–Crippen MR) is 125 cm³/mol. The molecule has 0 aliphatic carbocycles. The maximum Gasteiger partial charge on any atom is 0.350 e. The van der Waals surface area contributed by atoms with Crippen LogP contribution in [0, 0.1) is 19.7 Å². The van der Waals surface area contributed by atoms with Crippen molar-refractivity contribution in [3.63, 3.8) is 0 Å². The van der Waals surface area contributed by atoms with Gasteiger partial charge in [-0.25, -0.2) is 14.2 Å². The Kier molecular flexibility index (Phi) is 6.30. The summed E-state index contributed by atoms with van der Waals surface area (Å²) in [6.45, 7) is 5.32. The zero-order valence-corrected chi connectivity index (χ0v) is 19.5. The van der Waals surface area contributed by atoms with Crippen LogP contribution in [0.3, 0.4) is 0 Å². The number of aromatic nitrogens is 1. The second-order valence-electron chi connectivity index (χ2n) is 7.72. The molecule has 4 rings (SSSR count). The van der Waals surface area contributed by atoms with Crippen LogP contribution in [0.15, 0.2) is 54.1 Å². The summed E-state index contributed by atoms with van der Waals surface area (Å²) in [4.78, 5) is 44.3. The third-order valence-electron chi connectivity index (χ3n) is 5.41. The van der Waals surface area contributed by atoms with Gasteiger partial charge in [-0.2, -0.15) is 0 Å². The van der Waals surface area contributed by atoms with Crippen molar-refractivity contribution in [2.75, 3.05) is 11.5 Å². The third-order valence-corrected chi connectivity index (χ3v) is 6.54. The normalized spacial score (nSPS) is 17.3. The number of hydrogen-bond donors (Lipinski definition) is 1. The fourth-order valence-corrected chi connectivity index (χ4v) is 4.72. The quantitative estimate of drug-likeness (QED) is 0.246. The number of anilines is 1.